The maximum absolute atomic E-state index is 12.1. The summed E-state index contributed by atoms with van der Waals surface area (Å²) in [4.78, 5) is 24.0. The molecule has 0 amide bonds. The van der Waals surface area contributed by atoms with Gasteiger partial charge in [0.1, 0.15) is 23.4 Å². The van der Waals surface area contributed by atoms with Crippen LogP contribution < -0.4 is 14.2 Å². The van der Waals surface area contributed by atoms with Crippen molar-refractivity contribution in [3.63, 3.8) is 0 Å². The number of unbranched alkanes of at least 4 members (excludes halogenated alkanes) is 5. The van der Waals surface area contributed by atoms with E-state index in [1.807, 2.05) is 24.3 Å². The van der Waals surface area contributed by atoms with Gasteiger partial charge in [0.15, 0.2) is 0 Å². The SMILES string of the molecule is C=C(C)C(=O)OC(CCCCCC)CCCCCOc1ccc(OC(=O)/C=C/c2ccc(OC)cc2)cc1. The lowest BCUT2D eigenvalue weighted by Crippen LogP contribution is -2.18. The predicted molar refractivity (Wildman–Crippen MR) is 152 cm³/mol. The highest BCUT2D eigenvalue weighted by Gasteiger charge is 2.14. The minimum Gasteiger partial charge on any atom is -0.497 e. The van der Waals surface area contributed by atoms with Crippen molar-refractivity contribution in [2.24, 2.45) is 0 Å². The Morgan fingerprint density at radius 3 is 2.05 bits per heavy atom. The molecule has 206 valence electrons. The summed E-state index contributed by atoms with van der Waals surface area (Å²) in [6, 6.07) is 14.4. The fourth-order valence-corrected chi connectivity index (χ4v) is 3.79. The van der Waals surface area contributed by atoms with E-state index >= 15 is 0 Å². The third kappa shape index (κ3) is 12.6. The molecule has 0 radical (unpaired) electrons. The van der Waals surface area contributed by atoms with Gasteiger partial charge in [-0.3, -0.25) is 0 Å². The van der Waals surface area contributed by atoms with Crippen LogP contribution in [0.2, 0.25) is 0 Å². The van der Waals surface area contributed by atoms with Gasteiger partial charge in [-0.2, -0.15) is 0 Å². The van der Waals surface area contributed by atoms with E-state index < -0.39 is 5.97 Å². The number of methoxy groups -OCH3 is 1. The summed E-state index contributed by atoms with van der Waals surface area (Å²) >= 11 is 0. The van der Waals surface area contributed by atoms with Crippen molar-refractivity contribution < 1.29 is 28.5 Å². The molecule has 6 heteroatoms. The van der Waals surface area contributed by atoms with Gasteiger partial charge in [-0.25, -0.2) is 9.59 Å². The van der Waals surface area contributed by atoms with Gasteiger partial charge in [0.2, 0.25) is 0 Å². The van der Waals surface area contributed by atoms with Gasteiger partial charge in [0, 0.05) is 11.6 Å². The highest BCUT2D eigenvalue weighted by atomic mass is 16.5. The second-order valence-corrected chi connectivity index (χ2v) is 9.35. The van der Waals surface area contributed by atoms with Gasteiger partial charge >= 0.3 is 11.9 Å². The summed E-state index contributed by atoms with van der Waals surface area (Å²) in [6.45, 7) is 8.16. The second kappa shape index (κ2) is 17.8. The van der Waals surface area contributed by atoms with Crippen molar-refractivity contribution in [1.82, 2.24) is 0 Å². The van der Waals surface area contributed by atoms with Gasteiger partial charge < -0.3 is 18.9 Å². The van der Waals surface area contributed by atoms with Gasteiger partial charge in [0.25, 0.3) is 0 Å². The van der Waals surface area contributed by atoms with Crippen LogP contribution in [-0.4, -0.2) is 31.8 Å². The molecule has 1 unspecified atom stereocenters. The van der Waals surface area contributed by atoms with Crippen LogP contribution in [0.3, 0.4) is 0 Å². The highest BCUT2D eigenvalue weighted by Crippen LogP contribution is 2.20. The first kappa shape index (κ1) is 30.7. The first-order valence-corrected chi connectivity index (χ1v) is 13.5. The molecule has 0 aliphatic heterocycles. The van der Waals surface area contributed by atoms with Crippen molar-refractivity contribution in [2.45, 2.75) is 77.7 Å². The smallest absolute Gasteiger partial charge is 0.336 e. The Morgan fingerprint density at radius 2 is 1.45 bits per heavy atom. The topological polar surface area (TPSA) is 71.1 Å². The lowest BCUT2D eigenvalue weighted by Gasteiger charge is -2.18. The molecule has 0 aliphatic rings. The maximum atomic E-state index is 12.1. The van der Waals surface area contributed by atoms with Crippen molar-refractivity contribution in [1.29, 1.82) is 0 Å². The molecular formula is C32H42O6. The molecule has 0 aromatic heterocycles. The van der Waals surface area contributed by atoms with E-state index in [1.165, 1.54) is 25.3 Å². The van der Waals surface area contributed by atoms with Crippen LogP contribution in [0.15, 0.2) is 66.8 Å². The minimum absolute atomic E-state index is 0.0433. The zero-order valence-corrected chi connectivity index (χ0v) is 23.1. The van der Waals surface area contributed by atoms with E-state index in [0.29, 0.717) is 17.9 Å². The fraction of sp³-hybridized carbons (Fsp3) is 0.438. The predicted octanol–water partition coefficient (Wildman–Crippen LogP) is 7.71. The Morgan fingerprint density at radius 1 is 0.842 bits per heavy atom. The molecule has 1 atom stereocenters. The van der Waals surface area contributed by atoms with Gasteiger partial charge in [-0.15, -0.1) is 0 Å². The van der Waals surface area contributed by atoms with E-state index in [2.05, 4.69) is 13.5 Å². The summed E-state index contributed by atoms with van der Waals surface area (Å²) in [7, 11) is 1.61. The number of hydrogen-bond acceptors (Lipinski definition) is 6. The standard InChI is InChI=1S/C32H42O6/c1-5-6-7-9-12-29(38-32(34)25(2)3)13-10-8-11-24-36-28-19-21-30(22-20-28)37-31(33)23-16-26-14-17-27(35-4)18-15-26/h14-23,29H,2,5-13,24H2,1,3-4H3/b23-16+. The van der Waals surface area contributed by atoms with Gasteiger partial charge in [-0.1, -0.05) is 44.9 Å². The third-order valence-electron chi connectivity index (χ3n) is 6.01. The van der Waals surface area contributed by atoms with E-state index in [1.54, 1.807) is 44.4 Å². The maximum Gasteiger partial charge on any atom is 0.336 e. The first-order valence-electron chi connectivity index (χ1n) is 13.5. The van der Waals surface area contributed by atoms with Crippen LogP contribution in [0.25, 0.3) is 6.08 Å². The summed E-state index contributed by atoms with van der Waals surface area (Å²) in [5, 5.41) is 0. The zero-order valence-electron chi connectivity index (χ0n) is 23.1. The Kier molecular flexibility index (Phi) is 14.4. The number of carbonyl (C=O) groups is 2. The van der Waals surface area contributed by atoms with Crippen molar-refractivity contribution in [3.05, 3.63) is 72.3 Å². The molecule has 0 spiro atoms. The summed E-state index contributed by atoms with van der Waals surface area (Å²) in [6.07, 6.45) is 12.3. The molecule has 0 fully saturated rings. The van der Waals surface area contributed by atoms with Gasteiger partial charge in [-0.05, 0) is 93.5 Å². The van der Waals surface area contributed by atoms with Crippen LogP contribution >= 0.6 is 0 Å². The number of rotatable bonds is 18. The number of benzene rings is 2. The molecule has 2 aromatic rings. The van der Waals surface area contributed by atoms with Crippen LogP contribution in [0.1, 0.15) is 77.2 Å². The molecule has 0 bridgehead atoms. The number of hydrogen-bond donors (Lipinski definition) is 0. The van der Waals surface area contributed by atoms with Crippen molar-refractivity contribution >= 4 is 18.0 Å². The Balaban J connectivity index is 1.66. The van der Waals surface area contributed by atoms with Crippen molar-refractivity contribution in [3.8, 4) is 17.2 Å². The van der Waals surface area contributed by atoms with Gasteiger partial charge in [0.05, 0.1) is 13.7 Å². The molecule has 0 heterocycles. The monoisotopic (exact) mass is 522 g/mol. The highest BCUT2D eigenvalue weighted by molar-refractivity contribution is 5.88. The van der Waals surface area contributed by atoms with E-state index in [0.717, 1.165) is 55.6 Å². The quantitative estimate of drug-likeness (QED) is 0.0864. The van der Waals surface area contributed by atoms with Crippen LogP contribution in [0, 0.1) is 0 Å². The number of esters is 2. The van der Waals surface area contributed by atoms with E-state index in [9.17, 15) is 9.59 Å². The molecule has 2 aromatic carbocycles. The number of ether oxygens (including phenoxy) is 4. The van der Waals surface area contributed by atoms with Crippen molar-refractivity contribution in [2.75, 3.05) is 13.7 Å². The minimum atomic E-state index is -0.452. The second-order valence-electron chi connectivity index (χ2n) is 9.35. The summed E-state index contributed by atoms with van der Waals surface area (Å²) in [5.41, 5.74) is 1.32. The Bertz CT molecular complexity index is 1010. The fourth-order valence-electron chi connectivity index (χ4n) is 3.79. The Labute approximate surface area is 227 Å². The zero-order chi connectivity index (χ0) is 27.6. The average Bonchev–Trinajstić information content (AvgIpc) is 2.92. The normalized spacial score (nSPS) is 11.7. The lowest BCUT2D eigenvalue weighted by molar-refractivity contribution is -0.145. The molecule has 0 N–H and O–H groups in total. The summed E-state index contributed by atoms with van der Waals surface area (Å²) in [5.74, 6) is 1.19. The average molecular weight is 523 g/mol. The number of carbonyl (C=O) groups excluding carboxylic acids is 2. The molecule has 0 saturated heterocycles. The first-order chi connectivity index (χ1) is 18.4. The van der Waals surface area contributed by atoms with Crippen LogP contribution in [-0.2, 0) is 14.3 Å². The lowest BCUT2D eigenvalue weighted by atomic mass is 10.0. The third-order valence-corrected chi connectivity index (χ3v) is 6.01. The molecular weight excluding hydrogens is 480 g/mol. The molecule has 2 rings (SSSR count). The Hall–Kier alpha value is -3.54. The van der Waals surface area contributed by atoms with E-state index in [-0.39, 0.29) is 12.1 Å². The van der Waals surface area contributed by atoms with Crippen LogP contribution in [0.5, 0.6) is 17.2 Å². The van der Waals surface area contributed by atoms with Crippen LogP contribution in [0.4, 0.5) is 0 Å². The molecule has 0 saturated carbocycles. The van der Waals surface area contributed by atoms with E-state index in [4.69, 9.17) is 18.9 Å². The molecule has 0 aliphatic carbocycles. The summed E-state index contributed by atoms with van der Waals surface area (Å²) < 4.78 is 21.9. The molecule has 6 nitrogen and oxygen atoms in total. The molecule has 38 heavy (non-hydrogen) atoms. The largest absolute Gasteiger partial charge is 0.497 e.